The highest BCUT2D eigenvalue weighted by Crippen LogP contribution is 2.20. The second-order valence-corrected chi connectivity index (χ2v) is 6.59. The normalized spacial score (nSPS) is 13.2. The molecule has 2 aromatic rings. The molecule has 0 saturated carbocycles. The molecule has 0 saturated heterocycles. The van der Waals surface area contributed by atoms with Gasteiger partial charge in [0.25, 0.3) is 0 Å². The number of H-pyrrole nitrogens is 1. The van der Waals surface area contributed by atoms with Crippen LogP contribution in [0, 0.1) is 12.8 Å². The van der Waals surface area contributed by atoms with Gasteiger partial charge in [-0.15, -0.1) is 0 Å². The van der Waals surface area contributed by atoms with Gasteiger partial charge in [0.2, 0.25) is 0 Å². The van der Waals surface area contributed by atoms with E-state index in [-0.39, 0.29) is 6.10 Å². The zero-order valence-electron chi connectivity index (χ0n) is 12.3. The number of aliphatic hydroxyl groups is 1. The molecule has 1 unspecified atom stereocenters. The standard InChI is InChI=1S/C15H23N3OS/c1-10(2)7-16-8-12(19)9-20-15-17-13-5-4-11(3)6-14(13)18-15/h4-6,10,12,16,19H,7-9H2,1-3H3,(H,17,18). The van der Waals surface area contributed by atoms with Crippen molar-refractivity contribution in [1.82, 2.24) is 15.3 Å². The van der Waals surface area contributed by atoms with Gasteiger partial charge < -0.3 is 15.4 Å². The van der Waals surface area contributed by atoms with Crippen LogP contribution >= 0.6 is 11.8 Å². The first kappa shape index (κ1) is 15.4. The van der Waals surface area contributed by atoms with Crippen molar-refractivity contribution in [3.63, 3.8) is 0 Å². The lowest BCUT2D eigenvalue weighted by Gasteiger charge is -2.12. The fraction of sp³-hybridized carbons (Fsp3) is 0.533. The maximum atomic E-state index is 9.92. The van der Waals surface area contributed by atoms with Crippen LogP contribution in [0.25, 0.3) is 11.0 Å². The molecule has 1 aromatic heterocycles. The van der Waals surface area contributed by atoms with Gasteiger partial charge in [-0.2, -0.15) is 0 Å². The fourth-order valence-corrected chi connectivity index (χ4v) is 2.75. The topological polar surface area (TPSA) is 60.9 Å². The molecule has 3 N–H and O–H groups in total. The lowest BCUT2D eigenvalue weighted by Crippen LogP contribution is -2.31. The zero-order valence-corrected chi connectivity index (χ0v) is 13.1. The van der Waals surface area contributed by atoms with Crippen molar-refractivity contribution >= 4 is 22.8 Å². The lowest BCUT2D eigenvalue weighted by atomic mass is 10.2. The SMILES string of the molecule is Cc1ccc2nc(SCC(O)CNCC(C)C)[nH]c2c1. The Bertz CT molecular complexity index is 553. The molecule has 0 amide bonds. The largest absolute Gasteiger partial charge is 0.391 e. The highest BCUT2D eigenvalue weighted by Gasteiger charge is 2.08. The molecule has 1 aromatic carbocycles. The molecule has 0 spiro atoms. The number of benzene rings is 1. The molecule has 110 valence electrons. The Morgan fingerprint density at radius 2 is 2.15 bits per heavy atom. The van der Waals surface area contributed by atoms with Crippen LogP contribution in [-0.4, -0.2) is 40.0 Å². The summed E-state index contributed by atoms with van der Waals surface area (Å²) in [5.74, 6) is 1.25. The van der Waals surface area contributed by atoms with Gasteiger partial charge in [0.05, 0.1) is 17.1 Å². The molecule has 20 heavy (non-hydrogen) atoms. The molecule has 1 atom stereocenters. The van der Waals surface area contributed by atoms with Crippen LogP contribution in [-0.2, 0) is 0 Å². The van der Waals surface area contributed by atoms with Crippen LogP contribution in [0.4, 0.5) is 0 Å². The van der Waals surface area contributed by atoms with Gasteiger partial charge >= 0.3 is 0 Å². The molecular formula is C15H23N3OS. The third-order valence-corrected chi connectivity index (χ3v) is 3.98. The third-order valence-electron chi connectivity index (χ3n) is 2.96. The number of fused-ring (bicyclic) bond motifs is 1. The van der Waals surface area contributed by atoms with E-state index >= 15 is 0 Å². The first-order chi connectivity index (χ1) is 9.54. The predicted octanol–water partition coefficient (Wildman–Crippen LogP) is 2.57. The Kier molecular flexibility index (Phi) is 5.46. The number of nitrogens with zero attached hydrogens (tertiary/aromatic N) is 1. The van der Waals surface area contributed by atoms with Crippen LogP contribution < -0.4 is 5.32 Å². The summed E-state index contributed by atoms with van der Waals surface area (Å²) >= 11 is 1.56. The minimum atomic E-state index is -0.353. The van der Waals surface area contributed by atoms with Crippen molar-refractivity contribution < 1.29 is 5.11 Å². The van der Waals surface area contributed by atoms with Crippen molar-refractivity contribution in [2.45, 2.75) is 32.0 Å². The molecule has 5 heteroatoms. The minimum absolute atomic E-state index is 0.353. The number of aryl methyl sites for hydroxylation is 1. The number of aromatic nitrogens is 2. The van der Waals surface area contributed by atoms with E-state index in [4.69, 9.17) is 0 Å². The highest BCUT2D eigenvalue weighted by atomic mass is 32.2. The summed E-state index contributed by atoms with van der Waals surface area (Å²) < 4.78 is 0. The summed E-state index contributed by atoms with van der Waals surface area (Å²) in [5, 5.41) is 14.0. The van der Waals surface area contributed by atoms with E-state index in [0.29, 0.717) is 18.2 Å². The molecule has 0 fully saturated rings. The number of rotatable bonds is 7. The van der Waals surface area contributed by atoms with Gasteiger partial charge in [0.1, 0.15) is 0 Å². The summed E-state index contributed by atoms with van der Waals surface area (Å²) in [6.45, 7) is 7.95. The van der Waals surface area contributed by atoms with Crippen LogP contribution in [0.2, 0.25) is 0 Å². The fourth-order valence-electron chi connectivity index (χ4n) is 1.94. The molecule has 0 aliphatic rings. The van der Waals surface area contributed by atoms with E-state index in [2.05, 4.69) is 48.2 Å². The van der Waals surface area contributed by atoms with E-state index in [1.165, 1.54) is 5.56 Å². The van der Waals surface area contributed by atoms with E-state index in [0.717, 1.165) is 22.7 Å². The summed E-state index contributed by atoms with van der Waals surface area (Å²) in [6.07, 6.45) is -0.353. The van der Waals surface area contributed by atoms with Crippen LogP contribution in [0.3, 0.4) is 0 Å². The third kappa shape index (κ3) is 4.51. The number of aliphatic hydroxyl groups excluding tert-OH is 1. The van der Waals surface area contributed by atoms with Crippen LogP contribution in [0.15, 0.2) is 23.4 Å². The number of imidazole rings is 1. The Labute approximate surface area is 124 Å². The maximum Gasteiger partial charge on any atom is 0.166 e. The Morgan fingerprint density at radius 3 is 2.90 bits per heavy atom. The number of aromatic amines is 1. The van der Waals surface area contributed by atoms with Crippen LogP contribution in [0.1, 0.15) is 19.4 Å². The van der Waals surface area contributed by atoms with Gasteiger partial charge in [0, 0.05) is 12.3 Å². The molecular weight excluding hydrogens is 270 g/mol. The number of thioether (sulfide) groups is 1. The van der Waals surface area contributed by atoms with E-state index in [1.807, 2.05) is 6.07 Å². The second kappa shape index (κ2) is 7.11. The van der Waals surface area contributed by atoms with Crippen molar-refractivity contribution in [2.24, 2.45) is 5.92 Å². The first-order valence-electron chi connectivity index (χ1n) is 7.02. The van der Waals surface area contributed by atoms with Gasteiger partial charge in [-0.05, 0) is 37.1 Å². The molecule has 0 bridgehead atoms. The van der Waals surface area contributed by atoms with E-state index in [9.17, 15) is 5.11 Å². The highest BCUT2D eigenvalue weighted by molar-refractivity contribution is 7.99. The summed E-state index contributed by atoms with van der Waals surface area (Å²) in [5.41, 5.74) is 3.25. The average Bonchev–Trinajstić information content (AvgIpc) is 2.77. The first-order valence-corrected chi connectivity index (χ1v) is 8.01. The Hall–Kier alpha value is -1.04. The van der Waals surface area contributed by atoms with Crippen LogP contribution in [0.5, 0.6) is 0 Å². The van der Waals surface area contributed by atoms with Gasteiger partial charge in [0.15, 0.2) is 5.16 Å². The van der Waals surface area contributed by atoms with E-state index in [1.54, 1.807) is 11.8 Å². The van der Waals surface area contributed by atoms with Crippen molar-refractivity contribution in [3.05, 3.63) is 23.8 Å². The smallest absolute Gasteiger partial charge is 0.166 e. The quantitative estimate of drug-likeness (QED) is 0.687. The van der Waals surface area contributed by atoms with Gasteiger partial charge in [-0.3, -0.25) is 0 Å². The molecule has 0 aliphatic carbocycles. The average molecular weight is 293 g/mol. The zero-order chi connectivity index (χ0) is 14.5. The van der Waals surface area contributed by atoms with Crippen molar-refractivity contribution in [2.75, 3.05) is 18.8 Å². The Morgan fingerprint density at radius 1 is 1.35 bits per heavy atom. The monoisotopic (exact) mass is 293 g/mol. The van der Waals surface area contributed by atoms with Crippen molar-refractivity contribution in [1.29, 1.82) is 0 Å². The van der Waals surface area contributed by atoms with E-state index < -0.39 is 0 Å². The molecule has 0 radical (unpaired) electrons. The maximum absolute atomic E-state index is 9.92. The summed E-state index contributed by atoms with van der Waals surface area (Å²) in [7, 11) is 0. The number of hydrogen-bond acceptors (Lipinski definition) is 4. The summed E-state index contributed by atoms with van der Waals surface area (Å²) in [6, 6.07) is 6.17. The van der Waals surface area contributed by atoms with Gasteiger partial charge in [-0.25, -0.2) is 4.98 Å². The summed E-state index contributed by atoms with van der Waals surface area (Å²) in [4.78, 5) is 7.80. The molecule has 4 nitrogen and oxygen atoms in total. The number of hydrogen-bond donors (Lipinski definition) is 3. The van der Waals surface area contributed by atoms with Crippen molar-refractivity contribution in [3.8, 4) is 0 Å². The number of nitrogens with one attached hydrogen (secondary N) is 2. The molecule has 2 rings (SSSR count). The molecule has 1 heterocycles. The minimum Gasteiger partial charge on any atom is -0.391 e. The van der Waals surface area contributed by atoms with Gasteiger partial charge in [-0.1, -0.05) is 31.7 Å². The lowest BCUT2D eigenvalue weighted by molar-refractivity contribution is 0.194. The predicted molar refractivity (Wildman–Crippen MR) is 85.3 cm³/mol. The Balaban J connectivity index is 1.83. The molecule has 0 aliphatic heterocycles. The second-order valence-electron chi connectivity index (χ2n) is 5.58.